The number of aryl methyl sites for hydroxylation is 1. The van der Waals surface area contributed by atoms with Gasteiger partial charge in [0.05, 0.1) is 0 Å². The minimum absolute atomic E-state index is 0.0554. The molecule has 1 saturated heterocycles. The normalized spacial score (nSPS) is 15.1. The molecule has 1 amide bonds. The predicted octanol–water partition coefficient (Wildman–Crippen LogP) is 3.73. The van der Waals surface area contributed by atoms with E-state index in [1.807, 2.05) is 29.2 Å². The summed E-state index contributed by atoms with van der Waals surface area (Å²) in [5.74, 6) is 0.774. The standard InChI is InChI=1S/C21H25BrN2O2/c1-2-17-3-5-18(6-4-17)15-23-11-13-24(14-12-23)21(25)16-26-20-9-7-19(22)8-10-20/h3-10H,2,11-16H2,1H3. The first-order chi connectivity index (χ1) is 12.6. The van der Waals surface area contributed by atoms with Gasteiger partial charge in [-0.2, -0.15) is 0 Å². The van der Waals surface area contributed by atoms with E-state index in [9.17, 15) is 4.79 Å². The van der Waals surface area contributed by atoms with Crippen molar-refractivity contribution in [1.82, 2.24) is 9.80 Å². The lowest BCUT2D eigenvalue weighted by Gasteiger charge is -2.34. The maximum Gasteiger partial charge on any atom is 0.260 e. The number of ether oxygens (including phenoxy) is 1. The van der Waals surface area contributed by atoms with Gasteiger partial charge < -0.3 is 9.64 Å². The maximum atomic E-state index is 12.3. The molecule has 0 N–H and O–H groups in total. The number of amides is 1. The van der Waals surface area contributed by atoms with E-state index in [1.54, 1.807) is 0 Å². The zero-order chi connectivity index (χ0) is 18.4. The maximum absolute atomic E-state index is 12.3. The van der Waals surface area contributed by atoms with Crippen LogP contribution < -0.4 is 4.74 Å². The quantitative estimate of drug-likeness (QED) is 0.718. The molecule has 1 aliphatic rings. The highest BCUT2D eigenvalue weighted by atomic mass is 79.9. The third kappa shape index (κ3) is 5.32. The van der Waals surface area contributed by atoms with Crippen LogP contribution >= 0.6 is 15.9 Å². The second kappa shape index (κ2) is 9.19. The Hall–Kier alpha value is -1.85. The van der Waals surface area contributed by atoms with Crippen molar-refractivity contribution in [2.24, 2.45) is 0 Å². The van der Waals surface area contributed by atoms with Crippen molar-refractivity contribution in [3.05, 3.63) is 64.1 Å². The van der Waals surface area contributed by atoms with Gasteiger partial charge in [0, 0.05) is 37.2 Å². The van der Waals surface area contributed by atoms with E-state index < -0.39 is 0 Å². The highest BCUT2D eigenvalue weighted by molar-refractivity contribution is 9.10. The molecule has 26 heavy (non-hydrogen) atoms. The van der Waals surface area contributed by atoms with Gasteiger partial charge in [-0.05, 0) is 41.8 Å². The van der Waals surface area contributed by atoms with Gasteiger partial charge >= 0.3 is 0 Å². The molecular formula is C21H25BrN2O2. The highest BCUT2D eigenvalue weighted by Crippen LogP contribution is 2.16. The molecule has 0 unspecified atom stereocenters. The summed E-state index contributed by atoms with van der Waals surface area (Å²) >= 11 is 3.39. The number of halogens is 1. The Morgan fingerprint density at radius 1 is 0.962 bits per heavy atom. The Morgan fingerprint density at radius 2 is 1.58 bits per heavy atom. The number of rotatable bonds is 6. The lowest BCUT2D eigenvalue weighted by molar-refractivity contribution is -0.135. The number of benzene rings is 2. The molecule has 0 bridgehead atoms. The lowest BCUT2D eigenvalue weighted by atomic mass is 10.1. The number of carbonyl (C=O) groups excluding carboxylic acids is 1. The van der Waals surface area contributed by atoms with Crippen LogP contribution in [0, 0.1) is 0 Å². The summed E-state index contributed by atoms with van der Waals surface area (Å²) in [5, 5.41) is 0. The van der Waals surface area contributed by atoms with Crippen LogP contribution in [-0.4, -0.2) is 48.5 Å². The lowest BCUT2D eigenvalue weighted by Crippen LogP contribution is -2.49. The topological polar surface area (TPSA) is 32.8 Å². The average Bonchev–Trinajstić information content (AvgIpc) is 2.68. The van der Waals surface area contributed by atoms with Crippen molar-refractivity contribution in [3.8, 4) is 5.75 Å². The van der Waals surface area contributed by atoms with Crippen molar-refractivity contribution < 1.29 is 9.53 Å². The molecular weight excluding hydrogens is 392 g/mol. The van der Waals surface area contributed by atoms with Gasteiger partial charge in [-0.3, -0.25) is 9.69 Å². The van der Waals surface area contributed by atoms with Crippen LogP contribution in [0.2, 0.25) is 0 Å². The summed E-state index contributed by atoms with van der Waals surface area (Å²) in [6.07, 6.45) is 1.07. The third-order valence-electron chi connectivity index (χ3n) is 4.74. The number of nitrogens with zero attached hydrogens (tertiary/aromatic N) is 2. The Bertz CT molecular complexity index is 708. The first-order valence-corrected chi connectivity index (χ1v) is 9.89. The van der Waals surface area contributed by atoms with E-state index in [1.165, 1.54) is 11.1 Å². The summed E-state index contributed by atoms with van der Waals surface area (Å²) in [6.45, 7) is 6.54. The van der Waals surface area contributed by atoms with Crippen LogP contribution in [0.5, 0.6) is 5.75 Å². The Morgan fingerprint density at radius 3 is 2.19 bits per heavy atom. The monoisotopic (exact) mass is 416 g/mol. The van der Waals surface area contributed by atoms with Crippen LogP contribution in [0.25, 0.3) is 0 Å². The van der Waals surface area contributed by atoms with Crippen LogP contribution in [0.3, 0.4) is 0 Å². The summed E-state index contributed by atoms with van der Waals surface area (Å²) in [4.78, 5) is 16.6. The van der Waals surface area contributed by atoms with Gasteiger partial charge in [0.25, 0.3) is 5.91 Å². The summed E-state index contributed by atoms with van der Waals surface area (Å²) in [6, 6.07) is 16.4. The Labute approximate surface area is 163 Å². The van der Waals surface area contributed by atoms with Gasteiger partial charge in [0.2, 0.25) is 0 Å². The molecule has 138 valence electrons. The highest BCUT2D eigenvalue weighted by Gasteiger charge is 2.21. The smallest absolute Gasteiger partial charge is 0.260 e. The molecule has 2 aromatic rings. The number of hydrogen-bond acceptors (Lipinski definition) is 3. The number of piperazine rings is 1. The fourth-order valence-electron chi connectivity index (χ4n) is 3.06. The second-order valence-electron chi connectivity index (χ2n) is 6.57. The van der Waals surface area contributed by atoms with E-state index in [2.05, 4.69) is 52.0 Å². The third-order valence-corrected chi connectivity index (χ3v) is 5.27. The van der Waals surface area contributed by atoms with E-state index in [4.69, 9.17) is 4.74 Å². The molecule has 3 rings (SSSR count). The van der Waals surface area contributed by atoms with Crippen LogP contribution in [0.15, 0.2) is 53.0 Å². The molecule has 0 aliphatic carbocycles. The predicted molar refractivity (Wildman–Crippen MR) is 107 cm³/mol. The van der Waals surface area contributed by atoms with Crippen molar-refractivity contribution in [2.45, 2.75) is 19.9 Å². The minimum Gasteiger partial charge on any atom is -0.484 e. The summed E-state index contributed by atoms with van der Waals surface area (Å²) in [5.41, 5.74) is 2.70. The molecule has 1 fully saturated rings. The zero-order valence-electron chi connectivity index (χ0n) is 15.2. The Kier molecular flexibility index (Phi) is 6.69. The van der Waals surface area contributed by atoms with Crippen molar-refractivity contribution in [3.63, 3.8) is 0 Å². The SMILES string of the molecule is CCc1ccc(CN2CCN(C(=O)COc3ccc(Br)cc3)CC2)cc1. The van der Waals surface area contributed by atoms with E-state index in [-0.39, 0.29) is 12.5 Å². The molecule has 0 radical (unpaired) electrons. The van der Waals surface area contributed by atoms with Crippen LogP contribution in [-0.2, 0) is 17.8 Å². The first-order valence-electron chi connectivity index (χ1n) is 9.10. The Balaban J connectivity index is 1.42. The number of hydrogen-bond donors (Lipinski definition) is 0. The zero-order valence-corrected chi connectivity index (χ0v) is 16.7. The molecule has 0 atom stereocenters. The molecule has 0 saturated carbocycles. The fraction of sp³-hybridized carbons (Fsp3) is 0.381. The van der Waals surface area contributed by atoms with E-state index in [0.29, 0.717) is 0 Å². The largest absolute Gasteiger partial charge is 0.484 e. The van der Waals surface area contributed by atoms with Crippen LogP contribution in [0.4, 0.5) is 0 Å². The average molecular weight is 417 g/mol. The van der Waals surface area contributed by atoms with Gasteiger partial charge in [0.15, 0.2) is 6.61 Å². The number of carbonyl (C=O) groups is 1. The van der Waals surface area contributed by atoms with Gasteiger partial charge in [-0.15, -0.1) is 0 Å². The van der Waals surface area contributed by atoms with Crippen LogP contribution in [0.1, 0.15) is 18.1 Å². The van der Waals surface area contributed by atoms with E-state index in [0.717, 1.165) is 49.4 Å². The van der Waals surface area contributed by atoms with E-state index >= 15 is 0 Å². The second-order valence-corrected chi connectivity index (χ2v) is 7.49. The molecule has 0 aromatic heterocycles. The molecule has 2 aromatic carbocycles. The van der Waals surface area contributed by atoms with Crippen molar-refractivity contribution in [2.75, 3.05) is 32.8 Å². The molecule has 1 heterocycles. The molecule has 5 heteroatoms. The van der Waals surface area contributed by atoms with Crippen molar-refractivity contribution >= 4 is 21.8 Å². The minimum atomic E-state index is 0.0554. The summed E-state index contributed by atoms with van der Waals surface area (Å²) < 4.78 is 6.59. The summed E-state index contributed by atoms with van der Waals surface area (Å²) in [7, 11) is 0. The van der Waals surface area contributed by atoms with Gasteiger partial charge in [-0.1, -0.05) is 47.1 Å². The first kappa shape index (κ1) is 18.9. The fourth-order valence-corrected chi connectivity index (χ4v) is 3.33. The molecule has 1 aliphatic heterocycles. The van der Waals surface area contributed by atoms with Crippen molar-refractivity contribution in [1.29, 1.82) is 0 Å². The van der Waals surface area contributed by atoms with Gasteiger partial charge in [0.1, 0.15) is 5.75 Å². The molecule has 4 nitrogen and oxygen atoms in total. The molecule has 0 spiro atoms. The van der Waals surface area contributed by atoms with Gasteiger partial charge in [-0.25, -0.2) is 0 Å².